The summed E-state index contributed by atoms with van der Waals surface area (Å²) in [6, 6.07) is 0. The van der Waals surface area contributed by atoms with E-state index in [4.69, 9.17) is 14.5 Å². The normalized spacial score (nSPS) is 21.8. The van der Waals surface area contributed by atoms with E-state index in [9.17, 15) is 9.59 Å². The van der Waals surface area contributed by atoms with Crippen molar-refractivity contribution in [1.82, 2.24) is 9.55 Å². The molecular formula is C20H26N2O4S2. The molecule has 1 saturated heterocycles. The van der Waals surface area contributed by atoms with Crippen molar-refractivity contribution in [3.05, 3.63) is 20.8 Å². The monoisotopic (exact) mass is 422 g/mol. The second-order valence-corrected chi connectivity index (χ2v) is 9.60. The van der Waals surface area contributed by atoms with E-state index in [1.807, 2.05) is 0 Å². The lowest BCUT2D eigenvalue weighted by molar-refractivity contribution is -0.139. The number of nitrogens with zero attached hydrogens (tertiary/aromatic N) is 2. The Balaban J connectivity index is 1.74. The highest BCUT2D eigenvalue weighted by atomic mass is 32.2. The number of thiophene rings is 1. The standard InChI is InChI=1S/C20H26N2O4S2/c1-3-25-16(23)11-27-20-21-18-17(14-7-6-12(2)9-15(14)28-18)19(24)22(20)10-13-5-4-8-26-13/h12-13H,3-11H2,1-2H3/t12-,13+/m1/s1. The van der Waals surface area contributed by atoms with Crippen LogP contribution in [-0.2, 0) is 33.7 Å². The fourth-order valence-corrected chi connectivity index (χ4v) is 6.22. The molecule has 2 atom stereocenters. The molecule has 2 aromatic heterocycles. The fourth-order valence-electron chi connectivity index (χ4n) is 3.99. The minimum absolute atomic E-state index is 0.0129. The highest BCUT2D eigenvalue weighted by Gasteiger charge is 2.26. The Morgan fingerprint density at radius 2 is 2.29 bits per heavy atom. The van der Waals surface area contributed by atoms with Gasteiger partial charge in [0.25, 0.3) is 5.56 Å². The van der Waals surface area contributed by atoms with Crippen LogP contribution in [0.15, 0.2) is 9.95 Å². The molecule has 4 rings (SSSR count). The van der Waals surface area contributed by atoms with Crippen molar-refractivity contribution >= 4 is 39.3 Å². The highest BCUT2D eigenvalue weighted by molar-refractivity contribution is 7.99. The van der Waals surface area contributed by atoms with Crippen LogP contribution in [0.5, 0.6) is 0 Å². The van der Waals surface area contributed by atoms with Gasteiger partial charge in [0, 0.05) is 11.5 Å². The van der Waals surface area contributed by atoms with E-state index in [2.05, 4.69) is 6.92 Å². The molecule has 0 spiro atoms. The Labute approximate surface area is 172 Å². The molecule has 2 aromatic rings. The first kappa shape index (κ1) is 19.9. The number of ether oxygens (including phenoxy) is 2. The summed E-state index contributed by atoms with van der Waals surface area (Å²) in [6.45, 7) is 5.64. The Hall–Kier alpha value is -1.38. The third kappa shape index (κ3) is 4.00. The van der Waals surface area contributed by atoms with E-state index >= 15 is 0 Å². The van der Waals surface area contributed by atoms with Gasteiger partial charge in [-0.3, -0.25) is 14.2 Å². The zero-order valence-electron chi connectivity index (χ0n) is 16.4. The number of carbonyl (C=O) groups is 1. The molecule has 1 aliphatic carbocycles. The summed E-state index contributed by atoms with van der Waals surface area (Å²) in [5.41, 5.74) is 1.21. The van der Waals surface area contributed by atoms with Gasteiger partial charge in [-0.2, -0.15) is 0 Å². The minimum Gasteiger partial charge on any atom is -0.465 e. The molecule has 3 heterocycles. The third-order valence-corrected chi connectivity index (χ3v) is 7.51. The minimum atomic E-state index is -0.287. The molecule has 152 valence electrons. The average Bonchev–Trinajstić information content (AvgIpc) is 3.29. The van der Waals surface area contributed by atoms with Crippen molar-refractivity contribution in [3.8, 4) is 0 Å². The van der Waals surface area contributed by atoms with E-state index in [0.717, 1.165) is 48.9 Å². The van der Waals surface area contributed by atoms with Crippen LogP contribution >= 0.6 is 23.1 Å². The predicted octanol–water partition coefficient (Wildman–Crippen LogP) is 3.42. The van der Waals surface area contributed by atoms with E-state index in [1.165, 1.54) is 22.2 Å². The van der Waals surface area contributed by atoms with Crippen LogP contribution in [0, 0.1) is 5.92 Å². The molecule has 0 unspecified atom stereocenters. The van der Waals surface area contributed by atoms with E-state index in [-0.39, 0.29) is 23.4 Å². The van der Waals surface area contributed by atoms with Crippen LogP contribution in [-0.4, -0.2) is 40.6 Å². The molecule has 1 aliphatic heterocycles. The van der Waals surface area contributed by atoms with Crippen molar-refractivity contribution in [2.24, 2.45) is 5.92 Å². The van der Waals surface area contributed by atoms with Gasteiger partial charge in [0.2, 0.25) is 0 Å². The number of carbonyl (C=O) groups excluding carboxylic acids is 1. The topological polar surface area (TPSA) is 70.4 Å². The van der Waals surface area contributed by atoms with Crippen LogP contribution in [0.3, 0.4) is 0 Å². The van der Waals surface area contributed by atoms with Crippen molar-refractivity contribution in [1.29, 1.82) is 0 Å². The fraction of sp³-hybridized carbons (Fsp3) is 0.650. The maximum atomic E-state index is 13.5. The van der Waals surface area contributed by atoms with Gasteiger partial charge in [0.05, 0.1) is 30.4 Å². The zero-order chi connectivity index (χ0) is 19.7. The molecule has 0 amide bonds. The molecule has 0 bridgehead atoms. The summed E-state index contributed by atoms with van der Waals surface area (Å²) in [6.07, 6.45) is 5.09. The zero-order valence-corrected chi connectivity index (χ0v) is 18.0. The second kappa shape index (κ2) is 8.55. The summed E-state index contributed by atoms with van der Waals surface area (Å²) in [5, 5.41) is 1.37. The second-order valence-electron chi connectivity index (χ2n) is 7.57. The lowest BCUT2D eigenvalue weighted by atomic mass is 9.89. The number of esters is 1. The van der Waals surface area contributed by atoms with Crippen molar-refractivity contribution < 1.29 is 14.3 Å². The van der Waals surface area contributed by atoms with Crippen molar-refractivity contribution in [3.63, 3.8) is 0 Å². The molecule has 0 saturated carbocycles. The number of aromatic nitrogens is 2. The number of rotatable bonds is 6. The Bertz CT molecular complexity index is 930. The van der Waals surface area contributed by atoms with Gasteiger partial charge in [-0.05, 0) is 50.5 Å². The first-order chi connectivity index (χ1) is 13.6. The molecule has 0 radical (unpaired) electrons. The summed E-state index contributed by atoms with van der Waals surface area (Å²) in [5.74, 6) is 0.511. The summed E-state index contributed by atoms with van der Waals surface area (Å²) in [7, 11) is 0. The number of hydrogen-bond acceptors (Lipinski definition) is 7. The average molecular weight is 423 g/mol. The smallest absolute Gasteiger partial charge is 0.316 e. The molecule has 1 fully saturated rings. The Morgan fingerprint density at radius 1 is 1.43 bits per heavy atom. The summed E-state index contributed by atoms with van der Waals surface area (Å²) >= 11 is 2.92. The van der Waals surface area contributed by atoms with Crippen molar-refractivity contribution in [2.45, 2.75) is 63.8 Å². The molecule has 2 aliphatic rings. The van der Waals surface area contributed by atoms with Gasteiger partial charge in [0.15, 0.2) is 5.16 Å². The van der Waals surface area contributed by atoms with Gasteiger partial charge in [0.1, 0.15) is 4.83 Å². The van der Waals surface area contributed by atoms with Gasteiger partial charge in [-0.1, -0.05) is 18.7 Å². The molecule has 6 nitrogen and oxygen atoms in total. The quantitative estimate of drug-likeness (QED) is 0.404. The van der Waals surface area contributed by atoms with Crippen LogP contribution < -0.4 is 5.56 Å². The lowest BCUT2D eigenvalue weighted by Crippen LogP contribution is -2.29. The van der Waals surface area contributed by atoms with E-state index in [1.54, 1.807) is 22.8 Å². The Kier molecular flexibility index (Phi) is 6.08. The SMILES string of the molecule is CCOC(=O)CSc1nc2sc3c(c2c(=O)n1C[C@@H]1CCCO1)CC[C@@H](C)C3. The number of aryl methyl sites for hydroxylation is 1. The molecule has 0 N–H and O–H groups in total. The Morgan fingerprint density at radius 3 is 3.04 bits per heavy atom. The summed E-state index contributed by atoms with van der Waals surface area (Å²) in [4.78, 5) is 32.2. The maximum Gasteiger partial charge on any atom is 0.316 e. The van der Waals surface area contributed by atoms with Crippen molar-refractivity contribution in [2.75, 3.05) is 19.0 Å². The highest BCUT2D eigenvalue weighted by Crippen LogP contribution is 2.36. The molecular weight excluding hydrogens is 396 g/mol. The van der Waals surface area contributed by atoms with Gasteiger partial charge >= 0.3 is 5.97 Å². The van der Waals surface area contributed by atoms with Gasteiger partial charge in [-0.15, -0.1) is 11.3 Å². The first-order valence-electron chi connectivity index (χ1n) is 10.0. The molecule has 8 heteroatoms. The van der Waals surface area contributed by atoms with Crippen LogP contribution in [0.1, 0.15) is 43.6 Å². The lowest BCUT2D eigenvalue weighted by Gasteiger charge is -2.18. The molecule has 0 aromatic carbocycles. The van der Waals surface area contributed by atoms with Crippen LogP contribution in [0.2, 0.25) is 0 Å². The third-order valence-electron chi connectivity index (χ3n) is 5.41. The number of fused-ring (bicyclic) bond motifs is 3. The maximum absolute atomic E-state index is 13.5. The number of thioether (sulfide) groups is 1. The summed E-state index contributed by atoms with van der Waals surface area (Å²) < 4.78 is 12.5. The van der Waals surface area contributed by atoms with E-state index < -0.39 is 0 Å². The van der Waals surface area contributed by atoms with Gasteiger partial charge < -0.3 is 9.47 Å². The first-order valence-corrected chi connectivity index (χ1v) is 11.8. The van der Waals surface area contributed by atoms with Gasteiger partial charge in [-0.25, -0.2) is 4.98 Å². The number of hydrogen-bond donors (Lipinski definition) is 0. The largest absolute Gasteiger partial charge is 0.465 e. The van der Waals surface area contributed by atoms with E-state index in [0.29, 0.717) is 24.2 Å². The molecule has 28 heavy (non-hydrogen) atoms. The van der Waals surface area contributed by atoms with Crippen LogP contribution in [0.4, 0.5) is 0 Å². The van der Waals surface area contributed by atoms with Crippen LogP contribution in [0.25, 0.3) is 10.2 Å². The predicted molar refractivity (Wildman–Crippen MR) is 111 cm³/mol.